The predicted molar refractivity (Wildman–Crippen MR) is 70.1 cm³/mol. The van der Waals surface area contributed by atoms with E-state index in [0.29, 0.717) is 11.5 Å². The van der Waals surface area contributed by atoms with E-state index in [4.69, 9.17) is 4.74 Å². The van der Waals surface area contributed by atoms with E-state index in [1.807, 2.05) is 0 Å². The molecule has 20 heavy (non-hydrogen) atoms. The minimum atomic E-state index is -0.864. The van der Waals surface area contributed by atoms with E-state index in [2.05, 4.69) is 15.3 Å². The average Bonchev–Trinajstić information content (AvgIpc) is 3.09. The monoisotopic (exact) mass is 279 g/mol. The second kappa shape index (κ2) is 5.30. The number of imidazole rings is 1. The molecule has 4 nitrogen and oxygen atoms in total. The van der Waals surface area contributed by atoms with Crippen LogP contribution in [0, 0.1) is 11.6 Å². The van der Waals surface area contributed by atoms with E-state index in [1.165, 1.54) is 18.3 Å². The van der Waals surface area contributed by atoms with E-state index in [0.717, 1.165) is 19.0 Å². The lowest BCUT2D eigenvalue weighted by Crippen LogP contribution is -2.16. The smallest absolute Gasteiger partial charge is 0.168 e. The number of H-pyrrole nitrogens is 1. The molecule has 0 amide bonds. The van der Waals surface area contributed by atoms with Crippen LogP contribution in [0.2, 0.25) is 0 Å². The fraction of sp³-hybridized carbons (Fsp3) is 0.357. The summed E-state index contributed by atoms with van der Waals surface area (Å²) >= 11 is 0. The molecule has 1 aliphatic rings. The van der Waals surface area contributed by atoms with Crippen LogP contribution < -0.4 is 5.32 Å². The van der Waals surface area contributed by atoms with Crippen molar-refractivity contribution in [3.8, 4) is 11.3 Å². The maximum Gasteiger partial charge on any atom is 0.168 e. The lowest BCUT2D eigenvalue weighted by molar-refractivity contribution is 0.117. The molecule has 0 bridgehead atoms. The lowest BCUT2D eigenvalue weighted by Gasteiger charge is -2.07. The van der Waals surface area contributed by atoms with Crippen molar-refractivity contribution in [1.82, 2.24) is 15.3 Å². The summed E-state index contributed by atoms with van der Waals surface area (Å²) < 4.78 is 32.2. The lowest BCUT2D eigenvalue weighted by atomic mass is 10.1. The van der Waals surface area contributed by atoms with Crippen molar-refractivity contribution >= 4 is 0 Å². The van der Waals surface area contributed by atoms with E-state index >= 15 is 0 Å². The van der Waals surface area contributed by atoms with Gasteiger partial charge in [0.1, 0.15) is 5.82 Å². The number of aromatic amines is 1. The van der Waals surface area contributed by atoms with Crippen LogP contribution >= 0.6 is 0 Å². The summed E-state index contributed by atoms with van der Waals surface area (Å²) in [5.74, 6) is -1.02. The molecule has 1 aliphatic heterocycles. The van der Waals surface area contributed by atoms with E-state index in [-0.39, 0.29) is 17.7 Å². The van der Waals surface area contributed by atoms with Crippen molar-refractivity contribution in [2.45, 2.75) is 18.6 Å². The number of hydrogen-bond donors (Lipinski definition) is 2. The van der Waals surface area contributed by atoms with Gasteiger partial charge in [-0.15, -0.1) is 0 Å². The van der Waals surface area contributed by atoms with Gasteiger partial charge in [-0.05, 0) is 18.6 Å². The van der Waals surface area contributed by atoms with Gasteiger partial charge in [0.05, 0.1) is 24.0 Å². The number of hydrogen-bond acceptors (Lipinski definition) is 3. The highest BCUT2D eigenvalue weighted by atomic mass is 19.2. The van der Waals surface area contributed by atoms with Gasteiger partial charge in [-0.25, -0.2) is 13.8 Å². The number of rotatable bonds is 3. The van der Waals surface area contributed by atoms with Crippen LogP contribution in [-0.2, 0) is 4.74 Å². The summed E-state index contributed by atoms with van der Waals surface area (Å²) in [6, 6.07) is 4.14. The minimum Gasteiger partial charge on any atom is -0.380 e. The standard InChI is InChI=1S/C14H15F2N3O/c1-20-8-5-11(17-6-8)14-18-7-12(19-14)9-3-2-4-10(15)13(9)16/h2-4,7-8,11,17H,5-6H2,1H3,(H,18,19). The summed E-state index contributed by atoms with van der Waals surface area (Å²) in [6.45, 7) is 0.755. The number of aromatic nitrogens is 2. The van der Waals surface area contributed by atoms with Crippen molar-refractivity contribution in [2.24, 2.45) is 0 Å². The third-order valence-electron chi connectivity index (χ3n) is 3.59. The number of benzene rings is 1. The zero-order valence-electron chi connectivity index (χ0n) is 11.0. The topological polar surface area (TPSA) is 49.9 Å². The Bertz CT molecular complexity index is 614. The molecule has 0 saturated carbocycles. The van der Waals surface area contributed by atoms with Gasteiger partial charge in [0, 0.05) is 19.2 Å². The molecule has 2 heterocycles. The molecule has 2 unspecified atom stereocenters. The van der Waals surface area contributed by atoms with Crippen molar-refractivity contribution in [2.75, 3.05) is 13.7 Å². The Morgan fingerprint density at radius 3 is 2.95 bits per heavy atom. The SMILES string of the molecule is COC1CNC(c2ncc(-c3cccc(F)c3F)[nH]2)C1. The highest BCUT2D eigenvalue weighted by Gasteiger charge is 2.27. The van der Waals surface area contributed by atoms with Crippen LogP contribution in [0.4, 0.5) is 8.78 Å². The summed E-state index contributed by atoms with van der Waals surface area (Å²) in [4.78, 5) is 7.30. The Kier molecular flexibility index (Phi) is 3.50. The first kappa shape index (κ1) is 13.2. The quantitative estimate of drug-likeness (QED) is 0.907. The maximum absolute atomic E-state index is 13.7. The third-order valence-corrected chi connectivity index (χ3v) is 3.59. The number of nitrogens with one attached hydrogen (secondary N) is 2. The predicted octanol–water partition coefficient (Wildman–Crippen LogP) is 2.40. The Hall–Kier alpha value is -1.79. The number of ether oxygens (including phenoxy) is 1. The molecule has 0 radical (unpaired) electrons. The highest BCUT2D eigenvalue weighted by Crippen LogP contribution is 2.27. The van der Waals surface area contributed by atoms with Crippen LogP contribution in [0.5, 0.6) is 0 Å². The first-order valence-electron chi connectivity index (χ1n) is 6.44. The van der Waals surface area contributed by atoms with Gasteiger partial charge < -0.3 is 15.0 Å². The van der Waals surface area contributed by atoms with Gasteiger partial charge in [-0.3, -0.25) is 0 Å². The van der Waals surface area contributed by atoms with Crippen LogP contribution in [0.15, 0.2) is 24.4 Å². The molecule has 2 aromatic rings. The number of nitrogens with zero attached hydrogens (tertiary/aromatic N) is 1. The molecule has 0 aliphatic carbocycles. The molecule has 1 fully saturated rings. The van der Waals surface area contributed by atoms with Crippen molar-refractivity contribution in [3.05, 3.63) is 41.9 Å². The number of halogens is 2. The van der Waals surface area contributed by atoms with Crippen molar-refractivity contribution < 1.29 is 13.5 Å². The summed E-state index contributed by atoms with van der Waals surface area (Å²) in [6.07, 6.45) is 2.48. The van der Waals surface area contributed by atoms with Gasteiger partial charge in [0.2, 0.25) is 0 Å². The molecule has 2 N–H and O–H groups in total. The fourth-order valence-corrected chi connectivity index (χ4v) is 2.45. The van der Waals surface area contributed by atoms with E-state index < -0.39 is 11.6 Å². The Labute approximate surface area is 115 Å². The van der Waals surface area contributed by atoms with Gasteiger partial charge in [0.25, 0.3) is 0 Å². The van der Waals surface area contributed by atoms with E-state index in [1.54, 1.807) is 7.11 Å². The van der Waals surface area contributed by atoms with Crippen LogP contribution in [0.1, 0.15) is 18.3 Å². The van der Waals surface area contributed by atoms with E-state index in [9.17, 15) is 8.78 Å². The largest absolute Gasteiger partial charge is 0.380 e. The maximum atomic E-state index is 13.7. The molecular weight excluding hydrogens is 264 g/mol. The van der Waals surface area contributed by atoms with Gasteiger partial charge in [-0.1, -0.05) is 6.07 Å². The molecule has 6 heteroatoms. The minimum absolute atomic E-state index is 0.0466. The molecule has 1 saturated heterocycles. The Balaban J connectivity index is 1.85. The third kappa shape index (κ3) is 2.32. The number of methoxy groups -OCH3 is 1. The molecule has 1 aromatic heterocycles. The summed E-state index contributed by atoms with van der Waals surface area (Å²) in [5.41, 5.74) is 0.657. The first-order valence-corrected chi connectivity index (χ1v) is 6.44. The second-order valence-corrected chi connectivity index (χ2v) is 4.84. The van der Waals surface area contributed by atoms with Gasteiger partial charge >= 0.3 is 0 Å². The second-order valence-electron chi connectivity index (χ2n) is 4.84. The Morgan fingerprint density at radius 2 is 2.20 bits per heavy atom. The zero-order chi connectivity index (χ0) is 14.1. The van der Waals surface area contributed by atoms with Gasteiger partial charge in [0.15, 0.2) is 11.6 Å². The van der Waals surface area contributed by atoms with Crippen LogP contribution in [-0.4, -0.2) is 29.7 Å². The first-order chi connectivity index (χ1) is 9.69. The molecule has 0 spiro atoms. The zero-order valence-corrected chi connectivity index (χ0v) is 11.0. The van der Waals surface area contributed by atoms with Crippen LogP contribution in [0.3, 0.4) is 0 Å². The molecule has 106 valence electrons. The normalized spacial score (nSPS) is 22.4. The fourth-order valence-electron chi connectivity index (χ4n) is 2.45. The van der Waals surface area contributed by atoms with Crippen LogP contribution in [0.25, 0.3) is 11.3 Å². The molecule has 2 atom stereocenters. The average molecular weight is 279 g/mol. The highest BCUT2D eigenvalue weighted by molar-refractivity contribution is 5.59. The summed E-state index contributed by atoms with van der Waals surface area (Å²) in [7, 11) is 1.67. The summed E-state index contributed by atoms with van der Waals surface area (Å²) in [5, 5.41) is 3.28. The molecular formula is C14H15F2N3O. The van der Waals surface area contributed by atoms with Crippen molar-refractivity contribution in [1.29, 1.82) is 0 Å². The Morgan fingerprint density at radius 1 is 1.35 bits per heavy atom. The molecule has 1 aromatic carbocycles. The molecule has 3 rings (SSSR count). The van der Waals surface area contributed by atoms with Crippen molar-refractivity contribution in [3.63, 3.8) is 0 Å². The van der Waals surface area contributed by atoms with Gasteiger partial charge in [-0.2, -0.15) is 0 Å².